The van der Waals surface area contributed by atoms with Gasteiger partial charge in [0.15, 0.2) is 11.5 Å². The molecule has 2 N–H and O–H groups in total. The van der Waals surface area contributed by atoms with Crippen molar-refractivity contribution in [3.05, 3.63) is 35.1 Å². The monoisotopic (exact) mass is 488 g/mol. The molecule has 0 bridgehead atoms. The standard InChI is InChI=1S/C18H17BrN8O2S/c1-26-8-10(7-21-26)15-24-16-11-3-2-4-12(19)14(11)23-18(27(16)25-15)22-13-9-30(29)6-5-20-17(13)28/h2-4,7-8,13H,5-6,9H2,1H3,(H,20,28)(H,22,23)/t13-,30+/m0/s1. The van der Waals surface area contributed by atoms with Gasteiger partial charge in [0.1, 0.15) is 6.04 Å². The van der Waals surface area contributed by atoms with Crippen LogP contribution in [0.2, 0.25) is 0 Å². The number of aromatic nitrogens is 6. The number of nitrogens with zero attached hydrogens (tertiary/aromatic N) is 6. The smallest absolute Gasteiger partial charge is 0.243 e. The maximum absolute atomic E-state index is 12.5. The number of aryl methyl sites for hydroxylation is 1. The second-order valence-electron chi connectivity index (χ2n) is 6.94. The zero-order valence-corrected chi connectivity index (χ0v) is 18.3. The first-order valence-corrected chi connectivity index (χ1v) is 11.5. The minimum atomic E-state index is -1.11. The third kappa shape index (κ3) is 3.35. The number of nitrogens with one attached hydrogen (secondary N) is 2. The van der Waals surface area contributed by atoms with Crippen LogP contribution in [-0.4, -0.2) is 63.6 Å². The molecule has 1 aliphatic heterocycles. The van der Waals surface area contributed by atoms with Crippen LogP contribution in [-0.2, 0) is 22.6 Å². The van der Waals surface area contributed by atoms with Gasteiger partial charge >= 0.3 is 0 Å². The fraction of sp³-hybridized carbons (Fsp3) is 0.278. The molecule has 0 aliphatic carbocycles. The van der Waals surface area contributed by atoms with Gasteiger partial charge in [-0.05, 0) is 28.1 Å². The Hall–Kier alpha value is -2.86. The van der Waals surface area contributed by atoms with Gasteiger partial charge in [0.25, 0.3) is 0 Å². The highest BCUT2D eigenvalue weighted by Gasteiger charge is 2.26. The van der Waals surface area contributed by atoms with Gasteiger partial charge < -0.3 is 10.6 Å². The molecule has 3 aromatic heterocycles. The minimum Gasteiger partial charge on any atom is -0.353 e. The van der Waals surface area contributed by atoms with Gasteiger partial charge in [-0.15, -0.1) is 5.10 Å². The minimum absolute atomic E-state index is 0.202. The lowest BCUT2D eigenvalue weighted by molar-refractivity contribution is -0.121. The SMILES string of the molecule is Cn1cc(-c2nc3c4cccc(Br)c4nc(N[C@H]4C[S@](=O)CCNC4=O)n3n2)cn1. The maximum atomic E-state index is 12.5. The number of amides is 1. The highest BCUT2D eigenvalue weighted by molar-refractivity contribution is 9.10. The molecule has 1 amide bonds. The predicted octanol–water partition coefficient (Wildman–Crippen LogP) is 1.10. The van der Waals surface area contributed by atoms with E-state index in [0.717, 1.165) is 15.4 Å². The lowest BCUT2D eigenvalue weighted by Gasteiger charge is -2.16. The number of rotatable bonds is 3. The average molecular weight is 489 g/mol. The number of halogens is 1. The van der Waals surface area contributed by atoms with Crippen LogP contribution in [0.15, 0.2) is 35.1 Å². The van der Waals surface area contributed by atoms with Crippen molar-refractivity contribution < 1.29 is 9.00 Å². The number of fused-ring (bicyclic) bond motifs is 3. The first kappa shape index (κ1) is 19.1. The Balaban J connectivity index is 1.69. The Morgan fingerprint density at radius 3 is 3.00 bits per heavy atom. The number of carbonyl (C=O) groups excluding carboxylic acids is 1. The third-order valence-corrected chi connectivity index (χ3v) is 6.82. The third-order valence-electron chi connectivity index (χ3n) is 4.82. The van der Waals surface area contributed by atoms with Crippen LogP contribution < -0.4 is 10.6 Å². The largest absolute Gasteiger partial charge is 0.353 e. The molecular weight excluding hydrogens is 472 g/mol. The van der Waals surface area contributed by atoms with Crippen LogP contribution in [0.5, 0.6) is 0 Å². The van der Waals surface area contributed by atoms with E-state index in [0.29, 0.717) is 35.2 Å². The van der Waals surface area contributed by atoms with Crippen molar-refractivity contribution in [2.45, 2.75) is 6.04 Å². The van der Waals surface area contributed by atoms with E-state index in [1.165, 1.54) is 0 Å². The summed E-state index contributed by atoms with van der Waals surface area (Å²) in [6.45, 7) is 0.393. The second kappa shape index (κ2) is 7.43. The summed E-state index contributed by atoms with van der Waals surface area (Å²) in [6, 6.07) is 5.03. The number of anilines is 1. The summed E-state index contributed by atoms with van der Waals surface area (Å²) in [5, 5.41) is 15.5. The summed E-state index contributed by atoms with van der Waals surface area (Å²) >= 11 is 3.54. The predicted molar refractivity (Wildman–Crippen MR) is 116 cm³/mol. The molecule has 0 unspecified atom stereocenters. The van der Waals surface area contributed by atoms with Crippen LogP contribution in [0, 0.1) is 0 Å². The summed E-state index contributed by atoms with van der Waals surface area (Å²) < 4.78 is 16.2. The molecule has 4 heterocycles. The van der Waals surface area contributed by atoms with Gasteiger partial charge in [0, 0.05) is 46.2 Å². The van der Waals surface area contributed by atoms with E-state index in [-0.39, 0.29) is 11.7 Å². The highest BCUT2D eigenvalue weighted by Crippen LogP contribution is 2.28. The van der Waals surface area contributed by atoms with E-state index < -0.39 is 16.8 Å². The summed E-state index contributed by atoms with van der Waals surface area (Å²) in [6.07, 6.45) is 3.52. The van der Waals surface area contributed by atoms with Gasteiger partial charge in [0.2, 0.25) is 11.9 Å². The van der Waals surface area contributed by atoms with E-state index in [9.17, 15) is 9.00 Å². The Labute approximate surface area is 181 Å². The van der Waals surface area contributed by atoms with Crippen LogP contribution in [0.3, 0.4) is 0 Å². The van der Waals surface area contributed by atoms with Gasteiger partial charge in [-0.25, -0.2) is 9.97 Å². The molecule has 1 aromatic carbocycles. The maximum Gasteiger partial charge on any atom is 0.243 e. The van der Waals surface area contributed by atoms with E-state index in [1.807, 2.05) is 31.4 Å². The van der Waals surface area contributed by atoms with E-state index in [4.69, 9.17) is 9.97 Å². The number of para-hydroxylation sites is 1. The quantitative estimate of drug-likeness (QED) is 0.443. The molecule has 1 aliphatic rings. The lowest BCUT2D eigenvalue weighted by atomic mass is 10.2. The molecule has 1 saturated heterocycles. The number of hydrogen-bond acceptors (Lipinski definition) is 7. The first-order valence-electron chi connectivity index (χ1n) is 9.23. The molecule has 30 heavy (non-hydrogen) atoms. The molecule has 4 aromatic rings. The van der Waals surface area contributed by atoms with Crippen molar-refractivity contribution in [3.8, 4) is 11.4 Å². The molecule has 154 valence electrons. The summed E-state index contributed by atoms with van der Waals surface area (Å²) in [5.41, 5.74) is 2.05. The Morgan fingerprint density at radius 2 is 2.20 bits per heavy atom. The van der Waals surface area contributed by atoms with Crippen molar-refractivity contribution in [3.63, 3.8) is 0 Å². The molecular formula is C18H17BrN8O2S. The van der Waals surface area contributed by atoms with Crippen molar-refractivity contribution in [2.24, 2.45) is 7.05 Å². The van der Waals surface area contributed by atoms with Crippen molar-refractivity contribution in [2.75, 3.05) is 23.4 Å². The lowest BCUT2D eigenvalue weighted by Crippen LogP contribution is -2.41. The number of hydrogen-bond donors (Lipinski definition) is 2. The zero-order chi connectivity index (χ0) is 20.8. The molecule has 1 fully saturated rings. The van der Waals surface area contributed by atoms with Crippen molar-refractivity contribution in [1.29, 1.82) is 0 Å². The summed E-state index contributed by atoms with van der Waals surface area (Å²) in [7, 11) is 0.716. The van der Waals surface area contributed by atoms with Crippen LogP contribution in [0.4, 0.5) is 5.95 Å². The number of benzene rings is 1. The van der Waals surface area contributed by atoms with Gasteiger partial charge in [0.05, 0.1) is 23.0 Å². The molecule has 0 spiro atoms. The normalized spacial score (nSPS) is 19.7. The first-order chi connectivity index (χ1) is 14.5. The van der Waals surface area contributed by atoms with Gasteiger partial charge in [-0.1, -0.05) is 6.07 Å². The topological polar surface area (TPSA) is 119 Å². The van der Waals surface area contributed by atoms with Crippen molar-refractivity contribution >= 4 is 55.1 Å². The second-order valence-corrected chi connectivity index (χ2v) is 9.42. The van der Waals surface area contributed by atoms with E-state index in [1.54, 1.807) is 15.4 Å². The van der Waals surface area contributed by atoms with Crippen molar-refractivity contribution in [1.82, 2.24) is 34.7 Å². The van der Waals surface area contributed by atoms with E-state index in [2.05, 4.69) is 36.8 Å². The zero-order valence-electron chi connectivity index (χ0n) is 15.9. The fourth-order valence-electron chi connectivity index (χ4n) is 3.37. The molecule has 12 heteroatoms. The van der Waals surface area contributed by atoms with Gasteiger partial charge in [-0.3, -0.25) is 13.7 Å². The molecule has 10 nitrogen and oxygen atoms in total. The Kier molecular flexibility index (Phi) is 4.74. The van der Waals surface area contributed by atoms with Crippen LogP contribution in [0.25, 0.3) is 27.9 Å². The van der Waals surface area contributed by atoms with Gasteiger partial charge in [-0.2, -0.15) is 9.61 Å². The van der Waals surface area contributed by atoms with E-state index >= 15 is 0 Å². The molecule has 0 radical (unpaired) electrons. The fourth-order valence-corrected chi connectivity index (χ4v) is 4.93. The average Bonchev–Trinajstić information content (AvgIpc) is 3.31. The molecule has 2 atom stereocenters. The summed E-state index contributed by atoms with van der Waals surface area (Å²) in [4.78, 5) is 21.9. The van der Waals surface area contributed by atoms with Crippen LogP contribution in [0.1, 0.15) is 0 Å². The summed E-state index contributed by atoms with van der Waals surface area (Å²) in [5.74, 6) is 1.27. The highest BCUT2D eigenvalue weighted by atomic mass is 79.9. The molecule has 0 saturated carbocycles. The molecule has 5 rings (SSSR count). The Bertz CT molecular complexity index is 1320. The number of carbonyl (C=O) groups is 1. The Morgan fingerprint density at radius 1 is 1.33 bits per heavy atom. The van der Waals surface area contributed by atoms with Crippen LogP contribution >= 0.6 is 15.9 Å².